The molecule has 0 atom stereocenters. The van der Waals surface area contributed by atoms with Crippen molar-refractivity contribution in [1.29, 1.82) is 0 Å². The Kier molecular flexibility index (Phi) is 5.20. The predicted octanol–water partition coefficient (Wildman–Crippen LogP) is 2.84. The maximum absolute atomic E-state index is 13.4. The number of hydrogen-bond donors (Lipinski definition) is 1. The van der Waals surface area contributed by atoms with E-state index in [2.05, 4.69) is 5.32 Å². The summed E-state index contributed by atoms with van der Waals surface area (Å²) in [4.78, 5) is 33.4. The highest BCUT2D eigenvalue weighted by atomic mass is 19.1. The van der Waals surface area contributed by atoms with Gasteiger partial charge in [0.2, 0.25) is 0 Å². The van der Waals surface area contributed by atoms with Crippen LogP contribution in [0.4, 0.5) is 15.8 Å². The maximum atomic E-state index is 13.4. The molecule has 0 aliphatic heterocycles. The van der Waals surface area contributed by atoms with Gasteiger partial charge in [0, 0.05) is 17.8 Å². The van der Waals surface area contributed by atoms with Crippen LogP contribution in [0.15, 0.2) is 42.5 Å². The molecule has 0 saturated heterocycles. The summed E-state index contributed by atoms with van der Waals surface area (Å²) in [6, 6.07) is 9.04. The first kappa shape index (κ1) is 17.1. The van der Waals surface area contributed by atoms with Crippen molar-refractivity contribution in [2.45, 2.75) is 6.92 Å². The normalized spacial score (nSPS) is 10.1. The van der Waals surface area contributed by atoms with Crippen LogP contribution in [0, 0.1) is 22.9 Å². The first-order valence-electron chi connectivity index (χ1n) is 6.84. The number of amides is 1. The van der Waals surface area contributed by atoms with Gasteiger partial charge in [0.05, 0.1) is 10.5 Å². The number of hydrogen-bond acceptors (Lipinski definition) is 5. The molecule has 0 aliphatic rings. The van der Waals surface area contributed by atoms with Crippen molar-refractivity contribution in [3.05, 3.63) is 69.5 Å². The Morgan fingerprint density at radius 1 is 1.21 bits per heavy atom. The Morgan fingerprint density at radius 3 is 2.46 bits per heavy atom. The van der Waals surface area contributed by atoms with Gasteiger partial charge in [-0.25, -0.2) is 9.18 Å². The number of carbonyl (C=O) groups is 2. The molecule has 1 amide bonds. The van der Waals surface area contributed by atoms with Crippen LogP contribution in [0.1, 0.15) is 15.9 Å². The lowest BCUT2D eigenvalue weighted by atomic mass is 10.1. The highest BCUT2D eigenvalue weighted by Gasteiger charge is 2.12. The molecule has 0 fully saturated rings. The van der Waals surface area contributed by atoms with E-state index in [9.17, 15) is 24.1 Å². The van der Waals surface area contributed by atoms with Crippen molar-refractivity contribution >= 4 is 23.3 Å². The molecule has 24 heavy (non-hydrogen) atoms. The Morgan fingerprint density at radius 2 is 1.88 bits per heavy atom. The molecule has 0 aromatic heterocycles. The van der Waals surface area contributed by atoms with E-state index >= 15 is 0 Å². The quantitative estimate of drug-likeness (QED) is 0.516. The summed E-state index contributed by atoms with van der Waals surface area (Å²) in [6.45, 7) is 0.993. The molecule has 0 spiro atoms. The van der Waals surface area contributed by atoms with E-state index in [1.165, 1.54) is 36.4 Å². The van der Waals surface area contributed by atoms with Gasteiger partial charge >= 0.3 is 5.97 Å². The highest BCUT2D eigenvalue weighted by molar-refractivity contribution is 5.95. The summed E-state index contributed by atoms with van der Waals surface area (Å²) < 4.78 is 18.2. The Hall–Kier alpha value is -3.29. The average molecular weight is 332 g/mol. The van der Waals surface area contributed by atoms with Gasteiger partial charge in [-0.3, -0.25) is 14.9 Å². The molecule has 2 aromatic rings. The number of ether oxygens (including phenoxy) is 1. The number of benzene rings is 2. The summed E-state index contributed by atoms with van der Waals surface area (Å²) in [7, 11) is 0. The van der Waals surface area contributed by atoms with Gasteiger partial charge in [0.25, 0.3) is 11.6 Å². The molecule has 1 N–H and O–H groups in total. The molecule has 8 heteroatoms. The van der Waals surface area contributed by atoms with E-state index in [1.807, 2.05) is 0 Å². The topological polar surface area (TPSA) is 98.5 Å². The van der Waals surface area contributed by atoms with E-state index in [1.54, 1.807) is 6.92 Å². The third-order valence-corrected chi connectivity index (χ3v) is 3.10. The van der Waals surface area contributed by atoms with Crippen LogP contribution in [-0.2, 0) is 9.53 Å². The third-order valence-electron chi connectivity index (χ3n) is 3.10. The summed E-state index contributed by atoms with van der Waals surface area (Å²) in [5.74, 6) is -1.99. The molecular weight excluding hydrogens is 319 g/mol. The van der Waals surface area contributed by atoms with Gasteiger partial charge in [-0.1, -0.05) is 6.07 Å². The monoisotopic (exact) mass is 332 g/mol. The van der Waals surface area contributed by atoms with Gasteiger partial charge in [0.1, 0.15) is 5.82 Å². The largest absolute Gasteiger partial charge is 0.452 e. The average Bonchev–Trinajstić information content (AvgIpc) is 2.55. The van der Waals surface area contributed by atoms with Crippen molar-refractivity contribution in [3.8, 4) is 0 Å². The van der Waals surface area contributed by atoms with Crippen LogP contribution < -0.4 is 5.32 Å². The number of carbonyl (C=O) groups excluding carboxylic acids is 2. The lowest BCUT2D eigenvalue weighted by Crippen LogP contribution is -2.21. The first-order chi connectivity index (χ1) is 11.4. The molecule has 0 radical (unpaired) electrons. The second-order valence-corrected chi connectivity index (χ2v) is 4.89. The van der Waals surface area contributed by atoms with E-state index < -0.39 is 29.2 Å². The second-order valence-electron chi connectivity index (χ2n) is 4.89. The van der Waals surface area contributed by atoms with E-state index in [4.69, 9.17) is 4.74 Å². The van der Waals surface area contributed by atoms with Crippen molar-refractivity contribution in [3.63, 3.8) is 0 Å². The SMILES string of the molecule is Cc1ccc(C(=O)OCC(=O)Nc2ccc([N+](=O)[O-])cc2)cc1F. The molecule has 124 valence electrons. The van der Waals surface area contributed by atoms with Crippen LogP contribution in [-0.4, -0.2) is 23.4 Å². The van der Waals surface area contributed by atoms with E-state index in [-0.39, 0.29) is 11.3 Å². The van der Waals surface area contributed by atoms with Gasteiger partial charge in [-0.2, -0.15) is 0 Å². The molecular formula is C16H13FN2O5. The number of nitrogens with zero attached hydrogens (tertiary/aromatic N) is 1. The van der Waals surface area contributed by atoms with Gasteiger partial charge in [0.15, 0.2) is 6.61 Å². The fourth-order valence-electron chi connectivity index (χ4n) is 1.80. The maximum Gasteiger partial charge on any atom is 0.338 e. The minimum Gasteiger partial charge on any atom is -0.452 e. The van der Waals surface area contributed by atoms with Crippen LogP contribution in [0.25, 0.3) is 0 Å². The Balaban J connectivity index is 1.89. The minimum absolute atomic E-state index is 0.00114. The van der Waals surface area contributed by atoms with Gasteiger partial charge < -0.3 is 10.1 Å². The first-order valence-corrected chi connectivity index (χ1v) is 6.84. The summed E-state index contributed by atoms with van der Waals surface area (Å²) in [5, 5.41) is 12.9. The van der Waals surface area contributed by atoms with E-state index in [0.29, 0.717) is 11.3 Å². The molecule has 0 unspecified atom stereocenters. The zero-order valence-electron chi connectivity index (χ0n) is 12.6. The molecule has 2 aromatic carbocycles. The van der Waals surface area contributed by atoms with Crippen molar-refractivity contribution in [2.24, 2.45) is 0 Å². The number of nitro benzene ring substituents is 1. The number of esters is 1. The highest BCUT2D eigenvalue weighted by Crippen LogP contribution is 2.15. The molecule has 0 aliphatic carbocycles. The van der Waals surface area contributed by atoms with Crippen LogP contribution >= 0.6 is 0 Å². The molecule has 0 bridgehead atoms. The van der Waals surface area contributed by atoms with E-state index in [0.717, 1.165) is 6.07 Å². The summed E-state index contributed by atoms with van der Waals surface area (Å²) in [5.41, 5.74) is 0.604. The number of non-ortho nitro benzene ring substituents is 1. The number of anilines is 1. The number of aryl methyl sites for hydroxylation is 1. The van der Waals surface area contributed by atoms with Gasteiger partial charge in [-0.05, 0) is 36.8 Å². The summed E-state index contributed by atoms with van der Waals surface area (Å²) in [6.07, 6.45) is 0. The minimum atomic E-state index is -0.826. The van der Waals surface area contributed by atoms with Crippen molar-refractivity contribution in [1.82, 2.24) is 0 Å². The van der Waals surface area contributed by atoms with Crippen LogP contribution in [0.2, 0.25) is 0 Å². The zero-order valence-corrected chi connectivity index (χ0v) is 12.6. The molecule has 2 rings (SSSR count). The zero-order chi connectivity index (χ0) is 17.7. The smallest absolute Gasteiger partial charge is 0.338 e. The fraction of sp³-hybridized carbons (Fsp3) is 0.125. The molecule has 0 saturated carbocycles. The summed E-state index contributed by atoms with van der Waals surface area (Å²) >= 11 is 0. The number of rotatable bonds is 5. The number of nitrogens with one attached hydrogen (secondary N) is 1. The lowest BCUT2D eigenvalue weighted by molar-refractivity contribution is -0.384. The molecule has 7 nitrogen and oxygen atoms in total. The van der Waals surface area contributed by atoms with Crippen molar-refractivity contribution in [2.75, 3.05) is 11.9 Å². The van der Waals surface area contributed by atoms with Crippen LogP contribution in [0.3, 0.4) is 0 Å². The standard InChI is InChI=1S/C16H13FN2O5/c1-10-2-3-11(8-14(10)17)16(21)24-9-15(20)18-12-4-6-13(7-5-12)19(22)23/h2-8H,9H2,1H3,(H,18,20). The lowest BCUT2D eigenvalue weighted by Gasteiger charge is -2.07. The van der Waals surface area contributed by atoms with Gasteiger partial charge in [-0.15, -0.1) is 0 Å². The third kappa shape index (κ3) is 4.35. The number of nitro groups is 1. The Bertz CT molecular complexity index is 790. The van der Waals surface area contributed by atoms with Crippen molar-refractivity contribution < 1.29 is 23.6 Å². The predicted molar refractivity (Wildman–Crippen MR) is 83.1 cm³/mol. The fourth-order valence-corrected chi connectivity index (χ4v) is 1.80. The van der Waals surface area contributed by atoms with Crippen LogP contribution in [0.5, 0.6) is 0 Å². The second kappa shape index (κ2) is 7.32. The Labute approximate surface area is 136 Å². The molecule has 0 heterocycles. The number of halogens is 1.